The summed E-state index contributed by atoms with van der Waals surface area (Å²) in [6, 6.07) is 12.6. The highest BCUT2D eigenvalue weighted by Crippen LogP contribution is 2.27. The molecule has 0 aliphatic rings. The fourth-order valence-electron chi connectivity index (χ4n) is 2.09. The van der Waals surface area contributed by atoms with E-state index in [0.717, 1.165) is 23.0 Å². The van der Waals surface area contributed by atoms with Crippen LogP contribution in [0.25, 0.3) is 0 Å². The van der Waals surface area contributed by atoms with E-state index in [1.807, 2.05) is 24.3 Å². The van der Waals surface area contributed by atoms with Crippen LogP contribution in [0.3, 0.4) is 0 Å². The topological polar surface area (TPSA) is 12.0 Å². The maximum Gasteiger partial charge on any atom is 0.129 e. The molecule has 0 aliphatic heterocycles. The third kappa shape index (κ3) is 3.81. The molecule has 0 spiro atoms. The molecule has 2 rings (SSSR count). The van der Waals surface area contributed by atoms with E-state index in [4.69, 9.17) is 11.6 Å². The monoisotopic (exact) mass is 355 g/mol. The van der Waals surface area contributed by atoms with Gasteiger partial charge in [0.05, 0.1) is 6.04 Å². The molecule has 1 nitrogen and oxygen atoms in total. The van der Waals surface area contributed by atoms with Gasteiger partial charge in [-0.15, -0.1) is 0 Å². The molecular formula is C16H16BrClFN. The van der Waals surface area contributed by atoms with Gasteiger partial charge in [-0.3, -0.25) is 0 Å². The number of halogens is 3. The summed E-state index contributed by atoms with van der Waals surface area (Å²) in [6.45, 7) is 2.91. The van der Waals surface area contributed by atoms with Crippen LogP contribution < -0.4 is 5.32 Å². The highest BCUT2D eigenvalue weighted by Gasteiger charge is 2.17. The van der Waals surface area contributed by atoms with Gasteiger partial charge in [-0.25, -0.2) is 4.39 Å². The van der Waals surface area contributed by atoms with Crippen LogP contribution in [0.4, 0.5) is 4.39 Å². The molecule has 0 fully saturated rings. The van der Waals surface area contributed by atoms with E-state index in [2.05, 4.69) is 28.2 Å². The minimum Gasteiger partial charge on any atom is -0.306 e. The molecule has 4 heteroatoms. The van der Waals surface area contributed by atoms with Crippen LogP contribution in [-0.2, 0) is 0 Å². The maximum absolute atomic E-state index is 14.2. The average molecular weight is 357 g/mol. The Bertz CT molecular complexity index is 571. The van der Waals surface area contributed by atoms with E-state index in [0.29, 0.717) is 10.6 Å². The Labute approximate surface area is 132 Å². The van der Waals surface area contributed by atoms with Gasteiger partial charge in [0, 0.05) is 15.1 Å². The molecule has 20 heavy (non-hydrogen) atoms. The second kappa shape index (κ2) is 7.21. The summed E-state index contributed by atoms with van der Waals surface area (Å²) < 4.78 is 15.2. The lowest BCUT2D eigenvalue weighted by atomic mass is 9.98. The average Bonchev–Trinajstić information content (AvgIpc) is 2.42. The maximum atomic E-state index is 14.2. The zero-order chi connectivity index (χ0) is 14.5. The summed E-state index contributed by atoms with van der Waals surface area (Å²) in [7, 11) is 0. The summed E-state index contributed by atoms with van der Waals surface area (Å²) in [5, 5.41) is 3.80. The molecule has 0 bridgehead atoms. The smallest absolute Gasteiger partial charge is 0.129 e. The lowest BCUT2D eigenvalue weighted by molar-refractivity contribution is 0.547. The van der Waals surface area contributed by atoms with Crippen molar-refractivity contribution in [3.63, 3.8) is 0 Å². The summed E-state index contributed by atoms with van der Waals surface area (Å²) in [6.07, 6.45) is 0.988. The zero-order valence-electron chi connectivity index (χ0n) is 11.2. The van der Waals surface area contributed by atoms with E-state index < -0.39 is 0 Å². The van der Waals surface area contributed by atoms with Crippen LogP contribution in [0.15, 0.2) is 46.9 Å². The van der Waals surface area contributed by atoms with Crippen LogP contribution in [0.1, 0.15) is 30.5 Å². The Hall–Kier alpha value is -0.900. The minimum atomic E-state index is -0.283. The number of benzene rings is 2. The van der Waals surface area contributed by atoms with Crippen LogP contribution in [0.5, 0.6) is 0 Å². The molecule has 106 valence electrons. The first-order valence-corrected chi connectivity index (χ1v) is 7.72. The van der Waals surface area contributed by atoms with E-state index in [-0.39, 0.29) is 11.9 Å². The SMILES string of the molecule is CCCNC(c1ccc(Br)cc1)c1ccc(Cl)cc1F. The van der Waals surface area contributed by atoms with Gasteiger partial charge in [-0.05, 0) is 42.8 Å². The molecule has 2 aromatic carbocycles. The lowest BCUT2D eigenvalue weighted by Crippen LogP contribution is -2.24. The second-order valence-corrected chi connectivity index (χ2v) is 5.96. The molecule has 1 N–H and O–H groups in total. The highest BCUT2D eigenvalue weighted by atomic mass is 79.9. The molecule has 0 aromatic heterocycles. The van der Waals surface area contributed by atoms with Crippen LogP contribution in [0, 0.1) is 5.82 Å². The quantitative estimate of drug-likeness (QED) is 0.763. The fraction of sp³-hybridized carbons (Fsp3) is 0.250. The highest BCUT2D eigenvalue weighted by molar-refractivity contribution is 9.10. The van der Waals surface area contributed by atoms with Crippen molar-refractivity contribution < 1.29 is 4.39 Å². The number of nitrogens with one attached hydrogen (secondary N) is 1. The first-order valence-electron chi connectivity index (χ1n) is 6.55. The second-order valence-electron chi connectivity index (χ2n) is 4.60. The standard InChI is InChI=1S/C16H16BrClFN/c1-2-9-20-16(11-3-5-12(17)6-4-11)14-8-7-13(18)10-15(14)19/h3-8,10,16,20H,2,9H2,1H3. The third-order valence-electron chi connectivity index (χ3n) is 3.08. The van der Waals surface area contributed by atoms with E-state index in [9.17, 15) is 4.39 Å². The molecule has 2 aromatic rings. The molecule has 0 saturated carbocycles. The number of hydrogen-bond donors (Lipinski definition) is 1. The Balaban J connectivity index is 2.38. The van der Waals surface area contributed by atoms with Crippen LogP contribution in [0.2, 0.25) is 5.02 Å². The van der Waals surface area contributed by atoms with Crippen molar-refractivity contribution >= 4 is 27.5 Å². The number of hydrogen-bond acceptors (Lipinski definition) is 1. The fourth-order valence-corrected chi connectivity index (χ4v) is 2.51. The van der Waals surface area contributed by atoms with Gasteiger partial charge in [0.15, 0.2) is 0 Å². The lowest BCUT2D eigenvalue weighted by Gasteiger charge is -2.20. The molecule has 0 saturated heterocycles. The van der Waals surface area contributed by atoms with Crippen LogP contribution in [-0.4, -0.2) is 6.54 Å². The Morgan fingerprint density at radius 2 is 1.90 bits per heavy atom. The van der Waals surface area contributed by atoms with Gasteiger partial charge in [-0.1, -0.05) is 52.7 Å². The van der Waals surface area contributed by atoms with Gasteiger partial charge >= 0.3 is 0 Å². The molecule has 1 unspecified atom stereocenters. The van der Waals surface area contributed by atoms with Crippen molar-refractivity contribution in [2.24, 2.45) is 0 Å². The third-order valence-corrected chi connectivity index (χ3v) is 3.84. The molecule has 0 amide bonds. The molecule has 0 heterocycles. The van der Waals surface area contributed by atoms with Crippen molar-refractivity contribution in [3.05, 3.63) is 68.9 Å². The first-order chi connectivity index (χ1) is 9.61. The van der Waals surface area contributed by atoms with E-state index >= 15 is 0 Å². The van der Waals surface area contributed by atoms with Gasteiger partial charge in [0.1, 0.15) is 5.82 Å². The summed E-state index contributed by atoms with van der Waals surface area (Å²) in [4.78, 5) is 0. The van der Waals surface area contributed by atoms with Crippen molar-refractivity contribution in [3.8, 4) is 0 Å². The predicted molar refractivity (Wildman–Crippen MR) is 85.7 cm³/mol. The summed E-state index contributed by atoms with van der Waals surface area (Å²) in [5.74, 6) is -0.283. The molecule has 0 aliphatic carbocycles. The van der Waals surface area contributed by atoms with Crippen LogP contribution >= 0.6 is 27.5 Å². The summed E-state index contributed by atoms with van der Waals surface area (Å²) in [5.41, 5.74) is 1.65. The van der Waals surface area contributed by atoms with Gasteiger partial charge in [0.25, 0.3) is 0 Å². The Kier molecular flexibility index (Phi) is 5.58. The van der Waals surface area contributed by atoms with Crippen molar-refractivity contribution in [1.82, 2.24) is 5.32 Å². The predicted octanol–water partition coefficient (Wildman–Crippen LogP) is 5.33. The van der Waals surface area contributed by atoms with E-state index in [1.54, 1.807) is 12.1 Å². The summed E-state index contributed by atoms with van der Waals surface area (Å²) >= 11 is 9.24. The Morgan fingerprint density at radius 3 is 2.50 bits per heavy atom. The molecular weight excluding hydrogens is 341 g/mol. The van der Waals surface area contributed by atoms with E-state index in [1.165, 1.54) is 6.07 Å². The molecule has 1 atom stereocenters. The largest absolute Gasteiger partial charge is 0.306 e. The molecule has 0 radical (unpaired) electrons. The van der Waals surface area contributed by atoms with Crippen molar-refractivity contribution in [2.75, 3.05) is 6.54 Å². The zero-order valence-corrected chi connectivity index (χ0v) is 13.5. The number of rotatable bonds is 5. The minimum absolute atomic E-state index is 0.166. The first kappa shape index (κ1) is 15.5. The van der Waals surface area contributed by atoms with Gasteiger partial charge in [0.2, 0.25) is 0 Å². The Morgan fingerprint density at radius 1 is 1.20 bits per heavy atom. The van der Waals surface area contributed by atoms with Crippen molar-refractivity contribution in [2.45, 2.75) is 19.4 Å². The van der Waals surface area contributed by atoms with Gasteiger partial charge < -0.3 is 5.32 Å². The van der Waals surface area contributed by atoms with Gasteiger partial charge in [-0.2, -0.15) is 0 Å². The normalized spacial score (nSPS) is 12.4. The van der Waals surface area contributed by atoms with Crippen molar-refractivity contribution in [1.29, 1.82) is 0 Å².